The second-order valence-electron chi connectivity index (χ2n) is 6.15. The number of aromatic nitrogens is 2. The van der Waals surface area contributed by atoms with Crippen LogP contribution in [0.5, 0.6) is 5.75 Å². The van der Waals surface area contributed by atoms with Crippen LogP contribution in [0.3, 0.4) is 0 Å². The fraction of sp³-hybridized carbons (Fsp3) is 0.444. The Bertz CT molecular complexity index is 660. The Hall–Kier alpha value is -2.41. The molecule has 0 saturated carbocycles. The van der Waals surface area contributed by atoms with E-state index in [1.54, 1.807) is 18.3 Å². The van der Waals surface area contributed by atoms with Crippen molar-refractivity contribution < 1.29 is 13.9 Å². The van der Waals surface area contributed by atoms with E-state index in [4.69, 9.17) is 4.74 Å². The molecule has 1 aromatic carbocycles. The van der Waals surface area contributed by atoms with Crippen LogP contribution < -0.4 is 10.1 Å². The molecule has 0 aliphatic carbocycles. The molecule has 0 unspecified atom stereocenters. The normalized spacial score (nSPS) is 17.6. The van der Waals surface area contributed by atoms with E-state index >= 15 is 0 Å². The largest absolute Gasteiger partial charge is 0.492 e. The van der Waals surface area contributed by atoms with Crippen LogP contribution in [0.2, 0.25) is 0 Å². The lowest BCUT2D eigenvalue weighted by Crippen LogP contribution is -2.42. The molecule has 1 aliphatic rings. The summed E-state index contributed by atoms with van der Waals surface area (Å²) < 4.78 is 20.2. The molecule has 1 aromatic heterocycles. The van der Waals surface area contributed by atoms with Gasteiger partial charge in [0.1, 0.15) is 18.2 Å². The standard InChI is InChI=1S/C18H23FN4O2/c19-15-4-6-17(7-5-15)25-12-9-20-18(24)14-22-10-1-3-16(22)13-23-11-2-8-21-23/h2,4-8,11,16H,1,3,9-10,12-14H2,(H,20,24)/t16-/m1/s1. The summed E-state index contributed by atoms with van der Waals surface area (Å²) >= 11 is 0. The molecule has 1 amide bonds. The summed E-state index contributed by atoms with van der Waals surface area (Å²) in [7, 11) is 0. The molecule has 134 valence electrons. The van der Waals surface area contributed by atoms with Gasteiger partial charge in [-0.3, -0.25) is 14.4 Å². The highest BCUT2D eigenvalue weighted by Gasteiger charge is 2.26. The summed E-state index contributed by atoms with van der Waals surface area (Å²) in [4.78, 5) is 14.3. The molecule has 0 spiro atoms. The second-order valence-corrected chi connectivity index (χ2v) is 6.15. The summed E-state index contributed by atoms with van der Waals surface area (Å²) in [5.74, 6) is 0.292. The molecule has 0 bridgehead atoms. The summed E-state index contributed by atoms with van der Waals surface area (Å²) in [6, 6.07) is 8.10. The fourth-order valence-electron chi connectivity index (χ4n) is 3.06. The fourth-order valence-corrected chi connectivity index (χ4v) is 3.06. The van der Waals surface area contributed by atoms with E-state index in [0.29, 0.717) is 31.5 Å². The molecule has 1 atom stereocenters. The SMILES string of the molecule is O=C(CN1CCC[C@@H]1Cn1cccn1)NCCOc1ccc(F)cc1. The summed E-state index contributed by atoms with van der Waals surface area (Å²) in [5.41, 5.74) is 0. The Morgan fingerprint density at radius 2 is 2.20 bits per heavy atom. The van der Waals surface area contributed by atoms with Gasteiger partial charge < -0.3 is 10.1 Å². The van der Waals surface area contributed by atoms with Gasteiger partial charge in [-0.1, -0.05) is 0 Å². The number of hydrogen-bond donors (Lipinski definition) is 1. The van der Waals surface area contributed by atoms with Crippen molar-refractivity contribution in [2.24, 2.45) is 0 Å². The number of likely N-dealkylation sites (tertiary alicyclic amines) is 1. The van der Waals surface area contributed by atoms with Gasteiger partial charge in [0.2, 0.25) is 5.91 Å². The molecule has 1 fully saturated rings. The number of amides is 1. The minimum atomic E-state index is -0.295. The van der Waals surface area contributed by atoms with Crippen molar-refractivity contribution in [3.05, 3.63) is 48.5 Å². The smallest absolute Gasteiger partial charge is 0.234 e. The number of hydrogen-bond acceptors (Lipinski definition) is 4. The molecule has 2 heterocycles. The zero-order valence-electron chi connectivity index (χ0n) is 14.1. The number of halogens is 1. The number of ether oxygens (including phenoxy) is 1. The van der Waals surface area contributed by atoms with E-state index in [-0.39, 0.29) is 11.7 Å². The first kappa shape index (κ1) is 17.4. The lowest BCUT2D eigenvalue weighted by Gasteiger charge is -2.23. The van der Waals surface area contributed by atoms with Gasteiger partial charge in [0, 0.05) is 18.4 Å². The van der Waals surface area contributed by atoms with Crippen molar-refractivity contribution in [1.82, 2.24) is 20.0 Å². The molecule has 0 radical (unpaired) electrons. The Labute approximate surface area is 146 Å². The molecule has 1 saturated heterocycles. The second kappa shape index (κ2) is 8.62. The van der Waals surface area contributed by atoms with E-state index in [1.165, 1.54) is 12.1 Å². The van der Waals surface area contributed by atoms with Crippen LogP contribution in [0.15, 0.2) is 42.7 Å². The van der Waals surface area contributed by atoms with Gasteiger partial charge in [0.15, 0.2) is 0 Å². The number of rotatable bonds is 8. The average molecular weight is 346 g/mol. The Kier molecular flexibility index (Phi) is 6.00. The van der Waals surface area contributed by atoms with Crippen LogP contribution in [0.1, 0.15) is 12.8 Å². The topological polar surface area (TPSA) is 59.4 Å². The Morgan fingerprint density at radius 1 is 1.36 bits per heavy atom. The van der Waals surface area contributed by atoms with Gasteiger partial charge in [0.05, 0.1) is 19.6 Å². The van der Waals surface area contributed by atoms with Gasteiger partial charge in [-0.25, -0.2) is 4.39 Å². The molecular weight excluding hydrogens is 323 g/mol. The minimum Gasteiger partial charge on any atom is -0.492 e. The van der Waals surface area contributed by atoms with Crippen LogP contribution in [-0.4, -0.2) is 52.9 Å². The molecule has 6 nitrogen and oxygen atoms in total. The molecular formula is C18H23FN4O2. The molecule has 1 aliphatic heterocycles. The van der Waals surface area contributed by atoms with Crippen molar-refractivity contribution in [2.45, 2.75) is 25.4 Å². The van der Waals surface area contributed by atoms with Gasteiger partial charge >= 0.3 is 0 Å². The Morgan fingerprint density at radius 3 is 2.96 bits per heavy atom. The number of nitrogens with zero attached hydrogens (tertiary/aromatic N) is 3. The molecule has 1 N–H and O–H groups in total. The number of benzene rings is 1. The van der Waals surface area contributed by atoms with E-state index in [0.717, 1.165) is 25.9 Å². The highest BCUT2D eigenvalue weighted by atomic mass is 19.1. The van der Waals surface area contributed by atoms with Crippen molar-refractivity contribution in [2.75, 3.05) is 26.2 Å². The number of nitrogens with one attached hydrogen (secondary N) is 1. The highest BCUT2D eigenvalue weighted by Crippen LogP contribution is 2.18. The van der Waals surface area contributed by atoms with Gasteiger partial charge in [-0.15, -0.1) is 0 Å². The first-order valence-corrected chi connectivity index (χ1v) is 8.57. The first-order chi connectivity index (χ1) is 12.2. The number of carbonyl (C=O) groups is 1. The molecule has 2 aromatic rings. The third-order valence-electron chi connectivity index (χ3n) is 4.31. The van der Waals surface area contributed by atoms with Crippen LogP contribution in [-0.2, 0) is 11.3 Å². The van der Waals surface area contributed by atoms with E-state index in [9.17, 15) is 9.18 Å². The summed E-state index contributed by atoms with van der Waals surface area (Å²) in [5, 5.41) is 7.11. The quantitative estimate of drug-likeness (QED) is 0.739. The maximum atomic E-state index is 12.8. The monoisotopic (exact) mass is 346 g/mol. The molecule has 7 heteroatoms. The van der Waals surface area contributed by atoms with Crippen LogP contribution >= 0.6 is 0 Å². The van der Waals surface area contributed by atoms with Crippen LogP contribution in [0.4, 0.5) is 4.39 Å². The van der Waals surface area contributed by atoms with Gasteiger partial charge in [0.25, 0.3) is 0 Å². The minimum absolute atomic E-state index is 0.00456. The highest BCUT2D eigenvalue weighted by molar-refractivity contribution is 5.78. The van der Waals surface area contributed by atoms with E-state index < -0.39 is 0 Å². The summed E-state index contributed by atoms with van der Waals surface area (Å²) in [6.45, 7) is 2.92. The van der Waals surface area contributed by atoms with Crippen molar-refractivity contribution in [3.8, 4) is 5.75 Å². The maximum absolute atomic E-state index is 12.8. The Balaban J connectivity index is 1.36. The van der Waals surface area contributed by atoms with Gasteiger partial charge in [-0.2, -0.15) is 5.10 Å². The van der Waals surface area contributed by atoms with Crippen molar-refractivity contribution in [3.63, 3.8) is 0 Å². The van der Waals surface area contributed by atoms with E-state index in [1.807, 2.05) is 16.9 Å². The maximum Gasteiger partial charge on any atom is 0.234 e. The predicted molar refractivity (Wildman–Crippen MR) is 91.7 cm³/mol. The predicted octanol–water partition coefficient (Wildman–Crippen LogP) is 1.68. The van der Waals surface area contributed by atoms with Crippen LogP contribution in [0, 0.1) is 5.82 Å². The third-order valence-corrected chi connectivity index (χ3v) is 4.31. The summed E-state index contributed by atoms with van der Waals surface area (Å²) in [6.07, 6.45) is 5.91. The lowest BCUT2D eigenvalue weighted by molar-refractivity contribution is -0.122. The molecule has 25 heavy (non-hydrogen) atoms. The zero-order valence-corrected chi connectivity index (χ0v) is 14.1. The average Bonchev–Trinajstić information content (AvgIpc) is 3.26. The first-order valence-electron chi connectivity index (χ1n) is 8.57. The third kappa shape index (κ3) is 5.29. The number of carbonyl (C=O) groups excluding carboxylic acids is 1. The lowest BCUT2D eigenvalue weighted by atomic mass is 10.2. The zero-order chi connectivity index (χ0) is 17.5. The van der Waals surface area contributed by atoms with Crippen molar-refractivity contribution in [1.29, 1.82) is 0 Å². The van der Waals surface area contributed by atoms with E-state index in [2.05, 4.69) is 15.3 Å². The van der Waals surface area contributed by atoms with Crippen LogP contribution in [0.25, 0.3) is 0 Å². The van der Waals surface area contributed by atoms with Gasteiger partial charge in [-0.05, 0) is 49.7 Å². The van der Waals surface area contributed by atoms with Crippen molar-refractivity contribution >= 4 is 5.91 Å². The molecule has 3 rings (SSSR count).